The van der Waals surface area contributed by atoms with Crippen LogP contribution in [0.4, 0.5) is 5.69 Å². The summed E-state index contributed by atoms with van der Waals surface area (Å²) in [5.41, 5.74) is 0.475. The van der Waals surface area contributed by atoms with E-state index in [1.807, 2.05) is 13.8 Å². The second kappa shape index (κ2) is 3.75. The van der Waals surface area contributed by atoms with Crippen LogP contribution in [0, 0.1) is 16.0 Å². The fourth-order valence-electron chi connectivity index (χ4n) is 1.84. The number of hydrogen-bond donors (Lipinski definition) is 1. The SMILES string of the molecule is CC1Oc2ccc([N+](=O)[O-])cc2C(O)C1C. The minimum Gasteiger partial charge on any atom is -0.490 e. The lowest BCUT2D eigenvalue weighted by Crippen LogP contribution is -2.31. The zero-order chi connectivity index (χ0) is 11.9. The van der Waals surface area contributed by atoms with Crippen molar-refractivity contribution >= 4 is 5.69 Å². The van der Waals surface area contributed by atoms with Crippen LogP contribution in [0.5, 0.6) is 5.75 Å². The normalized spacial score (nSPS) is 28.1. The lowest BCUT2D eigenvalue weighted by atomic mass is 9.90. The lowest BCUT2D eigenvalue weighted by Gasteiger charge is -2.33. The number of fused-ring (bicyclic) bond motifs is 1. The first-order chi connectivity index (χ1) is 7.50. The van der Waals surface area contributed by atoms with Crippen LogP contribution in [0.25, 0.3) is 0 Å². The number of aliphatic hydroxyl groups excluding tert-OH is 1. The van der Waals surface area contributed by atoms with Gasteiger partial charge in [0.1, 0.15) is 11.9 Å². The topological polar surface area (TPSA) is 72.6 Å². The summed E-state index contributed by atoms with van der Waals surface area (Å²) in [7, 11) is 0. The Hall–Kier alpha value is -1.62. The fraction of sp³-hybridized carbons (Fsp3) is 0.455. The van der Waals surface area contributed by atoms with Crippen LogP contribution in [-0.4, -0.2) is 16.1 Å². The number of nitro benzene ring substituents is 1. The highest BCUT2D eigenvalue weighted by Crippen LogP contribution is 2.39. The minimum absolute atomic E-state index is 0.0249. The third kappa shape index (κ3) is 1.63. The maximum atomic E-state index is 10.6. The molecule has 0 amide bonds. The molecule has 3 atom stereocenters. The average Bonchev–Trinajstić information content (AvgIpc) is 2.25. The van der Waals surface area contributed by atoms with Crippen molar-refractivity contribution in [2.45, 2.75) is 26.1 Å². The van der Waals surface area contributed by atoms with Crippen molar-refractivity contribution in [3.8, 4) is 5.75 Å². The van der Waals surface area contributed by atoms with Gasteiger partial charge in [-0.3, -0.25) is 10.1 Å². The Morgan fingerprint density at radius 1 is 1.44 bits per heavy atom. The van der Waals surface area contributed by atoms with E-state index in [0.29, 0.717) is 11.3 Å². The molecule has 16 heavy (non-hydrogen) atoms. The molecule has 2 rings (SSSR count). The number of aliphatic hydroxyl groups is 1. The van der Waals surface area contributed by atoms with Crippen LogP contribution in [0.3, 0.4) is 0 Å². The highest BCUT2D eigenvalue weighted by Gasteiger charge is 2.32. The summed E-state index contributed by atoms with van der Waals surface area (Å²) in [6, 6.07) is 4.30. The smallest absolute Gasteiger partial charge is 0.270 e. The van der Waals surface area contributed by atoms with Gasteiger partial charge in [-0.05, 0) is 13.0 Å². The molecule has 1 aromatic rings. The largest absolute Gasteiger partial charge is 0.490 e. The predicted octanol–water partition coefficient (Wildman–Crippen LogP) is 2.05. The molecule has 1 N–H and O–H groups in total. The molecule has 3 unspecified atom stereocenters. The molecule has 1 heterocycles. The van der Waals surface area contributed by atoms with Gasteiger partial charge in [-0.15, -0.1) is 0 Å². The second-order valence-electron chi connectivity index (χ2n) is 4.11. The molecule has 0 saturated carbocycles. The van der Waals surface area contributed by atoms with Gasteiger partial charge in [0.2, 0.25) is 0 Å². The number of nitrogens with zero attached hydrogens (tertiary/aromatic N) is 1. The van der Waals surface area contributed by atoms with Crippen molar-refractivity contribution in [2.75, 3.05) is 0 Å². The van der Waals surface area contributed by atoms with Gasteiger partial charge in [0.05, 0.1) is 11.0 Å². The van der Waals surface area contributed by atoms with E-state index in [9.17, 15) is 15.2 Å². The van der Waals surface area contributed by atoms with Gasteiger partial charge in [-0.2, -0.15) is 0 Å². The molecule has 0 aliphatic carbocycles. The summed E-state index contributed by atoms with van der Waals surface area (Å²) in [5.74, 6) is 0.457. The van der Waals surface area contributed by atoms with E-state index in [2.05, 4.69) is 0 Å². The molecule has 5 nitrogen and oxygen atoms in total. The van der Waals surface area contributed by atoms with E-state index < -0.39 is 11.0 Å². The van der Waals surface area contributed by atoms with Crippen LogP contribution < -0.4 is 4.74 Å². The first kappa shape index (κ1) is 10.9. The van der Waals surface area contributed by atoms with E-state index in [0.717, 1.165) is 0 Å². The number of rotatable bonds is 1. The summed E-state index contributed by atoms with van der Waals surface area (Å²) in [4.78, 5) is 10.1. The van der Waals surface area contributed by atoms with Crippen LogP contribution in [0.1, 0.15) is 25.5 Å². The molecule has 5 heteroatoms. The minimum atomic E-state index is -0.710. The van der Waals surface area contributed by atoms with Crippen molar-refractivity contribution in [2.24, 2.45) is 5.92 Å². The lowest BCUT2D eigenvalue weighted by molar-refractivity contribution is -0.385. The molecule has 1 aromatic carbocycles. The number of hydrogen-bond acceptors (Lipinski definition) is 4. The molecule has 0 fully saturated rings. The summed E-state index contributed by atoms with van der Waals surface area (Å²) in [5, 5.41) is 20.6. The summed E-state index contributed by atoms with van der Waals surface area (Å²) < 4.78 is 5.57. The van der Waals surface area contributed by atoms with Gasteiger partial charge in [-0.25, -0.2) is 0 Å². The Kier molecular flexibility index (Phi) is 2.55. The second-order valence-corrected chi connectivity index (χ2v) is 4.11. The number of benzene rings is 1. The first-order valence-electron chi connectivity index (χ1n) is 5.13. The zero-order valence-corrected chi connectivity index (χ0v) is 9.08. The van der Waals surface area contributed by atoms with Gasteiger partial charge in [0.15, 0.2) is 0 Å². The van der Waals surface area contributed by atoms with E-state index in [1.54, 1.807) is 6.07 Å². The van der Waals surface area contributed by atoms with E-state index in [4.69, 9.17) is 4.74 Å². The maximum Gasteiger partial charge on any atom is 0.270 e. The third-order valence-corrected chi connectivity index (χ3v) is 3.07. The molecule has 0 aromatic heterocycles. The Labute approximate surface area is 92.8 Å². The first-order valence-corrected chi connectivity index (χ1v) is 5.13. The number of ether oxygens (including phenoxy) is 1. The molecular weight excluding hydrogens is 210 g/mol. The molecule has 86 valence electrons. The average molecular weight is 223 g/mol. The summed E-state index contributed by atoms with van der Waals surface area (Å²) in [6.45, 7) is 3.73. The molecular formula is C11H13NO4. The van der Waals surface area contributed by atoms with Gasteiger partial charge >= 0.3 is 0 Å². The van der Waals surface area contributed by atoms with Crippen molar-refractivity contribution in [3.63, 3.8) is 0 Å². The standard InChI is InChI=1S/C11H13NO4/c1-6-7(2)16-10-4-3-8(12(14)15)5-9(10)11(6)13/h3-7,11,13H,1-2H3. The van der Waals surface area contributed by atoms with Crippen LogP contribution in [0.2, 0.25) is 0 Å². The quantitative estimate of drug-likeness (QED) is 0.584. The van der Waals surface area contributed by atoms with Gasteiger partial charge in [0, 0.05) is 23.6 Å². The molecule has 0 radical (unpaired) electrons. The Bertz CT molecular complexity index is 432. The van der Waals surface area contributed by atoms with E-state index >= 15 is 0 Å². The Morgan fingerprint density at radius 2 is 2.12 bits per heavy atom. The highest BCUT2D eigenvalue weighted by molar-refractivity contribution is 5.46. The fourth-order valence-corrected chi connectivity index (χ4v) is 1.84. The van der Waals surface area contributed by atoms with Crippen molar-refractivity contribution in [1.82, 2.24) is 0 Å². The van der Waals surface area contributed by atoms with E-state index in [1.165, 1.54) is 12.1 Å². The van der Waals surface area contributed by atoms with Crippen molar-refractivity contribution in [1.29, 1.82) is 0 Å². The summed E-state index contributed by atoms with van der Waals surface area (Å²) >= 11 is 0. The molecule has 0 bridgehead atoms. The zero-order valence-electron chi connectivity index (χ0n) is 9.08. The van der Waals surface area contributed by atoms with Crippen LogP contribution >= 0.6 is 0 Å². The Morgan fingerprint density at radius 3 is 2.75 bits per heavy atom. The number of non-ortho nitro benzene ring substituents is 1. The summed E-state index contributed by atoms with van der Waals surface area (Å²) in [6.07, 6.45) is -0.803. The predicted molar refractivity (Wildman–Crippen MR) is 57.3 cm³/mol. The monoisotopic (exact) mass is 223 g/mol. The van der Waals surface area contributed by atoms with Crippen LogP contribution in [-0.2, 0) is 0 Å². The highest BCUT2D eigenvalue weighted by atomic mass is 16.6. The molecule has 1 aliphatic heterocycles. The third-order valence-electron chi connectivity index (χ3n) is 3.07. The van der Waals surface area contributed by atoms with Crippen LogP contribution in [0.15, 0.2) is 18.2 Å². The number of nitro groups is 1. The molecule has 1 aliphatic rings. The molecule has 0 saturated heterocycles. The van der Waals surface area contributed by atoms with Crippen molar-refractivity contribution < 1.29 is 14.8 Å². The van der Waals surface area contributed by atoms with Gasteiger partial charge < -0.3 is 9.84 Å². The Balaban J connectivity index is 2.46. The maximum absolute atomic E-state index is 10.6. The molecule has 0 spiro atoms. The van der Waals surface area contributed by atoms with Crippen molar-refractivity contribution in [3.05, 3.63) is 33.9 Å². The van der Waals surface area contributed by atoms with Gasteiger partial charge in [-0.1, -0.05) is 6.92 Å². The van der Waals surface area contributed by atoms with Gasteiger partial charge in [0.25, 0.3) is 5.69 Å². The van der Waals surface area contributed by atoms with E-state index in [-0.39, 0.29) is 17.7 Å².